The lowest BCUT2D eigenvalue weighted by Gasteiger charge is -2.23. The molecule has 0 aliphatic carbocycles. The Balaban J connectivity index is 2.10. The maximum absolute atomic E-state index is 12.2. The van der Waals surface area contributed by atoms with Gasteiger partial charge < -0.3 is 0 Å². The van der Waals surface area contributed by atoms with Crippen LogP contribution in [0.2, 0.25) is 10.0 Å². The van der Waals surface area contributed by atoms with E-state index in [4.69, 9.17) is 23.2 Å². The molecule has 0 spiro atoms. The zero-order valence-electron chi connectivity index (χ0n) is 13.0. The van der Waals surface area contributed by atoms with Crippen LogP contribution in [0.25, 0.3) is 0 Å². The highest BCUT2D eigenvalue weighted by atomic mass is 35.5. The first kappa shape index (κ1) is 17.7. The second kappa shape index (κ2) is 6.86. The standard InChI is InChI=1S/C15H17Cl2N3O3/c1-9(2)20-14(22)13(21)19(15(20)23)8-18(3)7-10-5-4-6-11(16)12(10)17/h4-6,9H,7-8H2,1-3H3. The van der Waals surface area contributed by atoms with Crippen molar-refractivity contribution in [3.63, 3.8) is 0 Å². The van der Waals surface area contributed by atoms with Gasteiger partial charge in [0.15, 0.2) is 0 Å². The highest BCUT2D eigenvalue weighted by Crippen LogP contribution is 2.26. The highest BCUT2D eigenvalue weighted by molar-refractivity contribution is 6.44. The van der Waals surface area contributed by atoms with E-state index in [1.54, 1.807) is 37.9 Å². The van der Waals surface area contributed by atoms with E-state index < -0.39 is 17.8 Å². The number of imide groups is 2. The number of carbonyl (C=O) groups is 3. The van der Waals surface area contributed by atoms with Gasteiger partial charge >= 0.3 is 17.8 Å². The molecule has 1 heterocycles. The Hall–Kier alpha value is -1.63. The Kier molecular flexibility index (Phi) is 5.29. The number of urea groups is 1. The van der Waals surface area contributed by atoms with Gasteiger partial charge in [-0.15, -0.1) is 0 Å². The summed E-state index contributed by atoms with van der Waals surface area (Å²) < 4.78 is 0. The van der Waals surface area contributed by atoms with Gasteiger partial charge in [0.25, 0.3) is 0 Å². The van der Waals surface area contributed by atoms with Crippen LogP contribution in [0, 0.1) is 0 Å². The molecule has 0 unspecified atom stereocenters. The molecule has 0 radical (unpaired) electrons. The van der Waals surface area contributed by atoms with Gasteiger partial charge in [0.2, 0.25) is 0 Å². The van der Waals surface area contributed by atoms with Crippen molar-refractivity contribution in [2.24, 2.45) is 0 Å². The smallest absolute Gasteiger partial charge is 0.284 e. The zero-order valence-corrected chi connectivity index (χ0v) is 14.6. The largest absolute Gasteiger partial charge is 0.335 e. The predicted molar refractivity (Wildman–Crippen MR) is 87.0 cm³/mol. The van der Waals surface area contributed by atoms with Crippen molar-refractivity contribution in [3.8, 4) is 0 Å². The summed E-state index contributed by atoms with van der Waals surface area (Å²) in [4.78, 5) is 39.7. The second-order valence-corrected chi connectivity index (χ2v) is 6.44. The van der Waals surface area contributed by atoms with Crippen molar-refractivity contribution in [2.75, 3.05) is 13.7 Å². The molecule has 1 saturated heterocycles. The van der Waals surface area contributed by atoms with Crippen LogP contribution in [0.15, 0.2) is 18.2 Å². The van der Waals surface area contributed by atoms with Gasteiger partial charge in [-0.3, -0.25) is 19.4 Å². The molecule has 0 N–H and O–H groups in total. The lowest BCUT2D eigenvalue weighted by Crippen LogP contribution is -2.41. The van der Waals surface area contributed by atoms with E-state index in [1.165, 1.54) is 0 Å². The van der Waals surface area contributed by atoms with Crippen molar-refractivity contribution in [1.29, 1.82) is 0 Å². The maximum Gasteiger partial charge on any atom is 0.335 e. The van der Waals surface area contributed by atoms with Crippen molar-refractivity contribution < 1.29 is 14.4 Å². The Morgan fingerprint density at radius 2 is 1.78 bits per heavy atom. The number of carbonyl (C=O) groups excluding carboxylic acids is 3. The summed E-state index contributed by atoms with van der Waals surface area (Å²) in [5.74, 6) is -1.60. The van der Waals surface area contributed by atoms with E-state index in [0.29, 0.717) is 16.6 Å². The minimum atomic E-state index is -0.812. The number of nitrogens with zero attached hydrogens (tertiary/aromatic N) is 3. The van der Waals surface area contributed by atoms with Gasteiger partial charge in [0.05, 0.1) is 16.7 Å². The minimum Gasteiger partial charge on any atom is -0.284 e. The van der Waals surface area contributed by atoms with E-state index >= 15 is 0 Å². The topological polar surface area (TPSA) is 60.9 Å². The first-order chi connectivity index (χ1) is 10.7. The van der Waals surface area contributed by atoms with Crippen LogP contribution in [0.4, 0.5) is 4.79 Å². The van der Waals surface area contributed by atoms with Crippen LogP contribution >= 0.6 is 23.2 Å². The first-order valence-corrected chi connectivity index (χ1v) is 7.80. The van der Waals surface area contributed by atoms with E-state index in [1.807, 2.05) is 6.07 Å². The van der Waals surface area contributed by atoms with Gasteiger partial charge in [-0.1, -0.05) is 35.3 Å². The van der Waals surface area contributed by atoms with E-state index in [0.717, 1.165) is 15.4 Å². The van der Waals surface area contributed by atoms with Gasteiger partial charge in [0.1, 0.15) is 0 Å². The molecule has 2 rings (SSSR count). The molecule has 0 atom stereocenters. The summed E-state index contributed by atoms with van der Waals surface area (Å²) in [5, 5.41) is 0.868. The third-order valence-corrected chi connectivity index (χ3v) is 4.31. The monoisotopic (exact) mass is 357 g/mol. The molecule has 1 aromatic rings. The molecule has 1 aromatic carbocycles. The average Bonchev–Trinajstić information content (AvgIpc) is 2.67. The minimum absolute atomic E-state index is 0.00450. The first-order valence-electron chi connectivity index (χ1n) is 7.04. The summed E-state index contributed by atoms with van der Waals surface area (Å²) in [6.07, 6.45) is 0. The van der Waals surface area contributed by atoms with Crippen LogP contribution in [0.1, 0.15) is 19.4 Å². The Morgan fingerprint density at radius 1 is 1.13 bits per heavy atom. The summed E-state index contributed by atoms with van der Waals surface area (Å²) in [7, 11) is 1.72. The summed E-state index contributed by atoms with van der Waals surface area (Å²) in [6, 6.07) is 4.30. The number of amides is 4. The van der Waals surface area contributed by atoms with E-state index in [9.17, 15) is 14.4 Å². The fraction of sp³-hybridized carbons (Fsp3) is 0.400. The molecule has 6 nitrogen and oxygen atoms in total. The van der Waals surface area contributed by atoms with Crippen LogP contribution in [0.5, 0.6) is 0 Å². The summed E-state index contributed by atoms with van der Waals surface area (Å²) >= 11 is 12.1. The number of halogens is 2. The molecule has 0 bridgehead atoms. The average molecular weight is 358 g/mol. The molecular formula is C15H17Cl2N3O3. The fourth-order valence-corrected chi connectivity index (χ4v) is 2.74. The molecule has 0 saturated carbocycles. The Morgan fingerprint density at radius 3 is 2.35 bits per heavy atom. The highest BCUT2D eigenvalue weighted by Gasteiger charge is 2.45. The quantitative estimate of drug-likeness (QED) is 0.600. The summed E-state index contributed by atoms with van der Waals surface area (Å²) in [6.45, 7) is 3.74. The normalized spacial score (nSPS) is 15.5. The Labute approximate surface area is 144 Å². The molecule has 1 aliphatic heterocycles. The van der Waals surface area contributed by atoms with Gasteiger partial charge in [-0.2, -0.15) is 0 Å². The third kappa shape index (κ3) is 3.49. The van der Waals surface area contributed by atoms with Gasteiger partial charge in [-0.05, 0) is 32.5 Å². The van der Waals surface area contributed by atoms with Crippen LogP contribution in [0.3, 0.4) is 0 Å². The summed E-state index contributed by atoms with van der Waals surface area (Å²) in [5.41, 5.74) is 0.771. The molecule has 0 aromatic heterocycles. The van der Waals surface area contributed by atoms with Crippen LogP contribution in [-0.2, 0) is 16.1 Å². The number of hydrogen-bond acceptors (Lipinski definition) is 4. The van der Waals surface area contributed by atoms with Crippen LogP contribution < -0.4 is 0 Å². The number of benzene rings is 1. The molecule has 124 valence electrons. The SMILES string of the molecule is CC(C)N1C(=O)C(=O)N(CN(C)Cc2cccc(Cl)c2Cl)C1=O. The number of hydrogen-bond donors (Lipinski definition) is 0. The molecule has 1 fully saturated rings. The molecule has 23 heavy (non-hydrogen) atoms. The van der Waals surface area contributed by atoms with Crippen molar-refractivity contribution >= 4 is 41.0 Å². The molecule has 4 amide bonds. The zero-order chi connectivity index (χ0) is 17.3. The van der Waals surface area contributed by atoms with E-state index in [-0.39, 0.29) is 12.7 Å². The number of rotatable bonds is 5. The molecule has 1 aliphatic rings. The van der Waals surface area contributed by atoms with Crippen molar-refractivity contribution in [3.05, 3.63) is 33.8 Å². The lowest BCUT2D eigenvalue weighted by atomic mass is 10.2. The lowest BCUT2D eigenvalue weighted by molar-refractivity contribution is -0.144. The van der Waals surface area contributed by atoms with E-state index in [2.05, 4.69) is 0 Å². The molecular weight excluding hydrogens is 341 g/mol. The third-order valence-electron chi connectivity index (χ3n) is 3.45. The van der Waals surface area contributed by atoms with Crippen molar-refractivity contribution in [1.82, 2.24) is 14.7 Å². The Bertz CT molecular complexity index is 663. The van der Waals surface area contributed by atoms with Crippen LogP contribution in [-0.4, -0.2) is 52.3 Å². The van der Waals surface area contributed by atoms with Gasteiger partial charge in [0, 0.05) is 12.6 Å². The van der Waals surface area contributed by atoms with Gasteiger partial charge in [-0.25, -0.2) is 9.69 Å². The predicted octanol–water partition coefficient (Wildman–Crippen LogP) is 2.58. The van der Waals surface area contributed by atoms with Crippen molar-refractivity contribution in [2.45, 2.75) is 26.4 Å². The molecule has 8 heteroatoms. The second-order valence-electron chi connectivity index (χ2n) is 5.65. The fourth-order valence-electron chi connectivity index (χ4n) is 2.36. The maximum atomic E-state index is 12.2.